The predicted octanol–water partition coefficient (Wildman–Crippen LogP) is 2.91. The van der Waals surface area contributed by atoms with Gasteiger partial charge in [-0.15, -0.1) is 11.3 Å². The van der Waals surface area contributed by atoms with Gasteiger partial charge in [0.25, 0.3) is 0 Å². The molecule has 0 bridgehead atoms. The Morgan fingerprint density at radius 3 is 2.67 bits per heavy atom. The summed E-state index contributed by atoms with van der Waals surface area (Å²) < 4.78 is 11.0. The third kappa shape index (κ3) is 1.98. The van der Waals surface area contributed by atoms with E-state index in [0.717, 1.165) is 21.8 Å². The number of ether oxygens (including phenoxy) is 2. The average Bonchev–Trinajstić information content (AvgIpc) is 2.83. The van der Waals surface area contributed by atoms with Crippen molar-refractivity contribution >= 4 is 11.3 Å². The Morgan fingerprint density at radius 2 is 1.94 bits per heavy atom. The van der Waals surface area contributed by atoms with Crippen LogP contribution in [0.25, 0.3) is 0 Å². The van der Waals surface area contributed by atoms with Gasteiger partial charge in [0, 0.05) is 4.88 Å². The van der Waals surface area contributed by atoms with E-state index in [0.29, 0.717) is 19.0 Å². The van der Waals surface area contributed by atoms with Crippen LogP contribution in [0.15, 0.2) is 29.6 Å². The van der Waals surface area contributed by atoms with Crippen LogP contribution in [-0.2, 0) is 0 Å². The fourth-order valence-corrected chi connectivity index (χ4v) is 2.98. The molecule has 0 radical (unpaired) electrons. The highest BCUT2D eigenvalue weighted by Crippen LogP contribution is 2.36. The van der Waals surface area contributed by atoms with Crippen LogP contribution in [0, 0.1) is 6.92 Å². The van der Waals surface area contributed by atoms with Crippen LogP contribution in [-0.4, -0.2) is 18.3 Å². The van der Waals surface area contributed by atoms with Gasteiger partial charge in [-0.1, -0.05) is 6.07 Å². The van der Waals surface area contributed by atoms with Crippen LogP contribution in [0.5, 0.6) is 11.5 Å². The topological polar surface area (TPSA) is 38.7 Å². The molecule has 1 unspecified atom stereocenters. The maximum absolute atomic E-state index is 10.4. The lowest BCUT2D eigenvalue weighted by atomic mass is 10.1. The van der Waals surface area contributed by atoms with E-state index >= 15 is 0 Å². The van der Waals surface area contributed by atoms with Crippen molar-refractivity contribution in [3.63, 3.8) is 0 Å². The summed E-state index contributed by atoms with van der Waals surface area (Å²) in [6.45, 7) is 3.15. The molecule has 0 fully saturated rings. The first-order valence-corrected chi connectivity index (χ1v) is 6.75. The molecular weight excluding hydrogens is 248 g/mol. The molecule has 2 heterocycles. The summed E-state index contributed by atoms with van der Waals surface area (Å²) in [5, 5.41) is 12.4. The van der Waals surface area contributed by atoms with Crippen molar-refractivity contribution in [1.29, 1.82) is 0 Å². The summed E-state index contributed by atoms with van der Waals surface area (Å²) in [6.07, 6.45) is -0.596. The Hall–Kier alpha value is -1.52. The molecule has 1 aliphatic rings. The van der Waals surface area contributed by atoms with Crippen LogP contribution in [0.1, 0.15) is 22.1 Å². The van der Waals surface area contributed by atoms with Crippen molar-refractivity contribution in [1.82, 2.24) is 0 Å². The normalized spacial score (nSPS) is 15.4. The van der Waals surface area contributed by atoms with Crippen molar-refractivity contribution in [2.24, 2.45) is 0 Å². The molecule has 18 heavy (non-hydrogen) atoms. The second kappa shape index (κ2) is 4.63. The fraction of sp³-hybridized carbons (Fsp3) is 0.286. The maximum atomic E-state index is 10.4. The molecule has 0 saturated heterocycles. The van der Waals surface area contributed by atoms with Crippen molar-refractivity contribution < 1.29 is 14.6 Å². The fourth-order valence-electron chi connectivity index (χ4n) is 2.05. The zero-order valence-corrected chi connectivity index (χ0v) is 10.9. The third-order valence-electron chi connectivity index (χ3n) is 3.03. The van der Waals surface area contributed by atoms with Gasteiger partial charge in [-0.25, -0.2) is 0 Å². The number of aliphatic hydroxyl groups excluding tert-OH is 1. The first-order chi connectivity index (χ1) is 8.75. The minimum absolute atomic E-state index is 0.560. The predicted molar refractivity (Wildman–Crippen MR) is 70.5 cm³/mol. The van der Waals surface area contributed by atoms with Crippen molar-refractivity contribution in [3.8, 4) is 11.5 Å². The minimum atomic E-state index is -0.596. The van der Waals surface area contributed by atoms with E-state index in [2.05, 4.69) is 0 Å². The SMILES string of the molecule is Cc1ccsc1C(O)c1ccc2c(c1)OCCO2. The lowest BCUT2D eigenvalue weighted by Gasteiger charge is -2.20. The number of thiophene rings is 1. The largest absolute Gasteiger partial charge is 0.486 e. The van der Waals surface area contributed by atoms with Gasteiger partial charge in [0.2, 0.25) is 0 Å². The van der Waals surface area contributed by atoms with Gasteiger partial charge in [0.1, 0.15) is 19.3 Å². The molecule has 0 amide bonds. The molecular formula is C14H14O3S. The van der Waals surface area contributed by atoms with E-state index in [4.69, 9.17) is 9.47 Å². The molecule has 94 valence electrons. The average molecular weight is 262 g/mol. The molecule has 3 nitrogen and oxygen atoms in total. The smallest absolute Gasteiger partial charge is 0.161 e. The summed E-state index contributed by atoms with van der Waals surface area (Å²) in [5.41, 5.74) is 1.95. The zero-order chi connectivity index (χ0) is 12.5. The van der Waals surface area contributed by atoms with E-state index < -0.39 is 6.10 Å². The van der Waals surface area contributed by atoms with Gasteiger partial charge in [-0.05, 0) is 41.6 Å². The Balaban J connectivity index is 1.95. The number of hydrogen-bond donors (Lipinski definition) is 1. The number of rotatable bonds is 2. The lowest BCUT2D eigenvalue weighted by Crippen LogP contribution is -2.15. The van der Waals surface area contributed by atoms with Crippen LogP contribution < -0.4 is 9.47 Å². The summed E-state index contributed by atoms with van der Waals surface area (Å²) >= 11 is 1.57. The maximum Gasteiger partial charge on any atom is 0.161 e. The molecule has 3 rings (SSSR count). The molecule has 0 aliphatic carbocycles. The summed E-state index contributed by atoms with van der Waals surface area (Å²) in [7, 11) is 0. The van der Waals surface area contributed by atoms with Crippen LogP contribution in [0.3, 0.4) is 0 Å². The number of hydrogen-bond acceptors (Lipinski definition) is 4. The van der Waals surface area contributed by atoms with Crippen LogP contribution in [0.4, 0.5) is 0 Å². The minimum Gasteiger partial charge on any atom is -0.486 e. The molecule has 4 heteroatoms. The summed E-state index contributed by atoms with van der Waals surface area (Å²) in [5.74, 6) is 1.46. The van der Waals surface area contributed by atoms with Crippen molar-refractivity contribution in [3.05, 3.63) is 45.6 Å². The van der Waals surface area contributed by atoms with Crippen molar-refractivity contribution in [2.45, 2.75) is 13.0 Å². The lowest BCUT2D eigenvalue weighted by molar-refractivity contribution is 0.170. The van der Waals surface area contributed by atoms with Gasteiger partial charge < -0.3 is 14.6 Å². The molecule has 1 atom stereocenters. The number of aliphatic hydroxyl groups is 1. The number of aryl methyl sites for hydroxylation is 1. The second-order valence-corrected chi connectivity index (χ2v) is 5.22. The van der Waals surface area contributed by atoms with E-state index in [-0.39, 0.29) is 0 Å². The molecule has 0 spiro atoms. The second-order valence-electron chi connectivity index (χ2n) is 4.27. The first-order valence-electron chi connectivity index (χ1n) is 5.87. The molecule has 1 aromatic heterocycles. The zero-order valence-electron chi connectivity index (χ0n) is 10.1. The van der Waals surface area contributed by atoms with Gasteiger partial charge in [-0.3, -0.25) is 0 Å². The quantitative estimate of drug-likeness (QED) is 0.904. The number of fused-ring (bicyclic) bond motifs is 1. The Kier molecular flexibility index (Phi) is 2.97. The highest BCUT2D eigenvalue weighted by atomic mass is 32.1. The Bertz CT molecular complexity index is 562. The Morgan fingerprint density at radius 1 is 1.17 bits per heavy atom. The Labute approximate surface area is 110 Å². The third-order valence-corrected chi connectivity index (χ3v) is 4.10. The monoisotopic (exact) mass is 262 g/mol. The number of benzene rings is 1. The molecule has 2 aromatic rings. The summed E-state index contributed by atoms with van der Waals surface area (Å²) in [6, 6.07) is 7.62. The molecule has 1 aliphatic heterocycles. The standard InChI is InChI=1S/C14H14O3S/c1-9-4-7-18-14(9)13(15)10-2-3-11-12(8-10)17-6-5-16-11/h2-4,7-8,13,15H,5-6H2,1H3. The van der Waals surface area contributed by atoms with Gasteiger partial charge in [-0.2, -0.15) is 0 Å². The molecule has 0 saturated carbocycles. The van der Waals surface area contributed by atoms with E-state index in [1.54, 1.807) is 11.3 Å². The van der Waals surface area contributed by atoms with E-state index in [1.807, 2.05) is 36.6 Å². The van der Waals surface area contributed by atoms with Gasteiger partial charge in [0.15, 0.2) is 11.5 Å². The highest BCUT2D eigenvalue weighted by molar-refractivity contribution is 7.10. The van der Waals surface area contributed by atoms with Crippen LogP contribution >= 0.6 is 11.3 Å². The molecule has 1 aromatic carbocycles. The summed E-state index contributed by atoms with van der Waals surface area (Å²) in [4.78, 5) is 0.978. The highest BCUT2D eigenvalue weighted by Gasteiger charge is 2.18. The first kappa shape index (κ1) is 11.6. The van der Waals surface area contributed by atoms with Crippen molar-refractivity contribution in [2.75, 3.05) is 13.2 Å². The van der Waals surface area contributed by atoms with E-state index in [9.17, 15) is 5.11 Å². The van der Waals surface area contributed by atoms with E-state index in [1.165, 1.54) is 0 Å². The molecule has 1 N–H and O–H groups in total. The van der Waals surface area contributed by atoms with Gasteiger partial charge in [0.05, 0.1) is 0 Å². The van der Waals surface area contributed by atoms with Crippen LogP contribution in [0.2, 0.25) is 0 Å². The van der Waals surface area contributed by atoms with Gasteiger partial charge >= 0.3 is 0 Å².